The molecule has 3 heterocycles. The number of hydrogen-bond acceptors (Lipinski definition) is 10. The second-order valence-electron chi connectivity index (χ2n) is 9.53. The molecule has 3 aromatic rings. The molecule has 0 radical (unpaired) electrons. The van der Waals surface area contributed by atoms with Crippen LogP contribution >= 0.6 is 0 Å². The number of aliphatic hydroxyl groups excluding tert-OH is 1. The normalized spacial score (nSPS) is 13.2. The first-order chi connectivity index (χ1) is 20.9. The lowest BCUT2D eigenvalue weighted by Gasteiger charge is -2.34. The van der Waals surface area contributed by atoms with E-state index in [0.29, 0.717) is 17.4 Å². The molecule has 0 spiro atoms. The van der Waals surface area contributed by atoms with Crippen LogP contribution in [0.15, 0.2) is 49.3 Å². The third-order valence-electron chi connectivity index (χ3n) is 6.65. The molecule has 0 atom stereocenters. The van der Waals surface area contributed by atoms with Gasteiger partial charge in [0.25, 0.3) is 5.91 Å². The number of nitrogens with one attached hydrogen (secondary N) is 3. The molecule has 13 nitrogen and oxygen atoms in total. The van der Waals surface area contributed by atoms with E-state index in [2.05, 4.69) is 37.5 Å². The summed E-state index contributed by atoms with van der Waals surface area (Å²) in [5.41, 5.74) is 0.0622. The highest BCUT2D eigenvalue weighted by Gasteiger charge is 2.36. The molecule has 1 aliphatic rings. The molecule has 0 saturated carbocycles. The van der Waals surface area contributed by atoms with Crippen molar-refractivity contribution in [1.29, 1.82) is 0 Å². The first-order valence-electron chi connectivity index (χ1n) is 13.2. The Balaban J connectivity index is 1.66. The minimum absolute atomic E-state index is 0.00650. The van der Waals surface area contributed by atoms with Crippen molar-refractivity contribution in [3.05, 3.63) is 66.0 Å². The van der Waals surface area contributed by atoms with Crippen LogP contribution in [0.2, 0.25) is 0 Å². The van der Waals surface area contributed by atoms with E-state index in [1.807, 2.05) is 0 Å². The zero-order valence-electron chi connectivity index (χ0n) is 23.7. The number of aliphatic hydroxyl groups is 1. The van der Waals surface area contributed by atoms with Crippen LogP contribution in [-0.2, 0) is 15.8 Å². The molecule has 1 fully saturated rings. The van der Waals surface area contributed by atoms with Crippen molar-refractivity contribution in [2.45, 2.75) is 13.1 Å². The molecular weight excluding hydrogens is 585 g/mol. The van der Waals surface area contributed by atoms with Crippen LogP contribution in [0.4, 0.5) is 42.0 Å². The van der Waals surface area contributed by atoms with Gasteiger partial charge >= 0.3 is 6.18 Å². The number of nitrogens with zero attached hydrogens (tertiary/aromatic N) is 5. The minimum Gasteiger partial charge on any atom is -0.481 e. The number of pyridine rings is 1. The molecular formula is C28H29F3N8O5. The van der Waals surface area contributed by atoms with Gasteiger partial charge < -0.3 is 35.6 Å². The molecule has 2 aromatic heterocycles. The maximum absolute atomic E-state index is 14.0. The van der Waals surface area contributed by atoms with Crippen LogP contribution in [0, 0.1) is 6.92 Å². The van der Waals surface area contributed by atoms with Crippen LogP contribution in [0.5, 0.6) is 5.88 Å². The van der Waals surface area contributed by atoms with Crippen molar-refractivity contribution >= 4 is 46.5 Å². The van der Waals surface area contributed by atoms with Crippen LogP contribution in [0.25, 0.3) is 0 Å². The molecule has 1 saturated heterocycles. The van der Waals surface area contributed by atoms with Crippen LogP contribution in [-0.4, -0.2) is 87.5 Å². The number of carbonyl (C=O) groups is 3. The van der Waals surface area contributed by atoms with Crippen LogP contribution in [0.3, 0.4) is 0 Å². The maximum atomic E-state index is 14.0. The zero-order valence-corrected chi connectivity index (χ0v) is 23.7. The number of ether oxygens (including phenoxy) is 1. The van der Waals surface area contributed by atoms with Crippen molar-refractivity contribution in [3.63, 3.8) is 0 Å². The van der Waals surface area contributed by atoms with E-state index in [1.54, 1.807) is 6.92 Å². The average Bonchev–Trinajstić information content (AvgIpc) is 3.01. The molecule has 3 amide bonds. The molecule has 4 N–H and O–H groups in total. The summed E-state index contributed by atoms with van der Waals surface area (Å²) in [5, 5.41) is 17.1. The van der Waals surface area contributed by atoms with Gasteiger partial charge in [-0.1, -0.05) is 6.58 Å². The van der Waals surface area contributed by atoms with Gasteiger partial charge in [0.05, 0.1) is 24.2 Å². The average molecular weight is 615 g/mol. The lowest BCUT2D eigenvalue weighted by Crippen LogP contribution is -2.51. The molecule has 232 valence electrons. The van der Waals surface area contributed by atoms with Gasteiger partial charge in [0.2, 0.25) is 23.6 Å². The monoisotopic (exact) mass is 614 g/mol. The SMILES string of the molecule is C=CC(=O)Nc1cc(C(=O)N2CCN(C(=O)CO)CC2)ccc1Nc1nc(Nc2cc(OC)ncc2C)ncc1C(F)(F)F. The minimum atomic E-state index is -4.84. The van der Waals surface area contributed by atoms with E-state index in [1.165, 1.54) is 47.4 Å². The Morgan fingerprint density at radius 1 is 1.02 bits per heavy atom. The van der Waals surface area contributed by atoms with Crippen molar-refractivity contribution in [3.8, 4) is 5.88 Å². The number of carbonyl (C=O) groups excluding carboxylic acids is 3. The Morgan fingerprint density at radius 3 is 2.36 bits per heavy atom. The summed E-state index contributed by atoms with van der Waals surface area (Å²) in [6.07, 6.45) is -1.74. The van der Waals surface area contributed by atoms with Gasteiger partial charge in [-0.25, -0.2) is 9.97 Å². The fourth-order valence-electron chi connectivity index (χ4n) is 4.26. The standard InChI is InChI=1S/C28H29F3N8O5/c1-4-22(41)34-21-11-17(26(43)39-9-7-38(8-10-39)24(42)15-40)5-6-19(21)35-25-18(28(29,30)31)14-33-27(37-25)36-20-12-23(44-3)32-13-16(20)2/h4-6,11-14,40H,1,7-10,15H2,2-3H3,(H,34,41)(H2,32,33,35,36,37). The zero-order chi connectivity index (χ0) is 32.0. The lowest BCUT2D eigenvalue weighted by atomic mass is 10.1. The van der Waals surface area contributed by atoms with Gasteiger partial charge in [-0.2, -0.15) is 18.2 Å². The number of benzene rings is 1. The molecule has 0 aliphatic carbocycles. The third-order valence-corrected chi connectivity index (χ3v) is 6.65. The van der Waals surface area contributed by atoms with Gasteiger partial charge in [-0.05, 0) is 36.8 Å². The fraction of sp³-hybridized carbons (Fsp3) is 0.286. The third kappa shape index (κ3) is 7.38. The quantitative estimate of drug-likeness (QED) is 0.264. The number of alkyl halides is 3. The van der Waals surface area contributed by atoms with E-state index in [0.717, 1.165) is 6.08 Å². The molecule has 16 heteroatoms. The van der Waals surface area contributed by atoms with Crippen LogP contribution in [0.1, 0.15) is 21.5 Å². The highest BCUT2D eigenvalue weighted by atomic mass is 19.4. The van der Waals surface area contributed by atoms with Crippen LogP contribution < -0.4 is 20.7 Å². The summed E-state index contributed by atoms with van der Waals surface area (Å²) in [5.74, 6) is -2.06. The van der Waals surface area contributed by atoms with E-state index >= 15 is 0 Å². The van der Waals surface area contributed by atoms with E-state index in [4.69, 9.17) is 9.84 Å². The molecule has 4 rings (SSSR count). The molecule has 1 aliphatic heterocycles. The second-order valence-corrected chi connectivity index (χ2v) is 9.53. The van der Waals surface area contributed by atoms with E-state index in [9.17, 15) is 27.6 Å². The van der Waals surface area contributed by atoms with Crippen molar-refractivity contribution in [1.82, 2.24) is 24.8 Å². The highest BCUT2D eigenvalue weighted by Crippen LogP contribution is 2.37. The van der Waals surface area contributed by atoms with E-state index < -0.39 is 41.9 Å². The number of amides is 3. The number of aryl methyl sites for hydroxylation is 1. The van der Waals surface area contributed by atoms with Crippen molar-refractivity contribution in [2.24, 2.45) is 0 Å². The molecule has 0 bridgehead atoms. The van der Waals surface area contributed by atoms with Crippen molar-refractivity contribution in [2.75, 3.05) is 55.8 Å². The van der Waals surface area contributed by atoms with Crippen molar-refractivity contribution < 1.29 is 37.4 Å². The van der Waals surface area contributed by atoms with Gasteiger partial charge in [-0.15, -0.1) is 0 Å². The fourth-order valence-corrected chi connectivity index (χ4v) is 4.26. The summed E-state index contributed by atoms with van der Waals surface area (Å²) in [6, 6.07) is 5.58. The molecule has 1 aromatic carbocycles. The first-order valence-corrected chi connectivity index (χ1v) is 13.2. The Kier molecular flexibility index (Phi) is 9.63. The summed E-state index contributed by atoms with van der Waals surface area (Å²) in [7, 11) is 1.42. The Hall–Kier alpha value is -5.25. The summed E-state index contributed by atoms with van der Waals surface area (Å²) in [4.78, 5) is 52.1. The first kappa shape index (κ1) is 31.7. The summed E-state index contributed by atoms with van der Waals surface area (Å²) >= 11 is 0. The Morgan fingerprint density at radius 2 is 1.73 bits per heavy atom. The van der Waals surface area contributed by atoms with Gasteiger partial charge in [0, 0.05) is 50.2 Å². The summed E-state index contributed by atoms with van der Waals surface area (Å²) < 4.78 is 47.0. The number of rotatable bonds is 9. The smallest absolute Gasteiger partial charge is 0.421 e. The topological polar surface area (TPSA) is 162 Å². The second kappa shape index (κ2) is 13.4. The Labute approximate surface area is 249 Å². The molecule has 0 unspecified atom stereocenters. The van der Waals surface area contributed by atoms with E-state index in [-0.39, 0.29) is 54.9 Å². The maximum Gasteiger partial charge on any atom is 0.421 e. The number of halogens is 3. The predicted molar refractivity (Wildman–Crippen MR) is 154 cm³/mol. The van der Waals surface area contributed by atoms with Gasteiger partial charge in [0.15, 0.2) is 0 Å². The van der Waals surface area contributed by atoms with Gasteiger partial charge in [-0.3, -0.25) is 14.4 Å². The summed E-state index contributed by atoms with van der Waals surface area (Å²) in [6.45, 7) is 5.34. The van der Waals surface area contributed by atoms with Gasteiger partial charge in [0.1, 0.15) is 18.0 Å². The highest BCUT2D eigenvalue weighted by molar-refractivity contribution is 6.03. The largest absolute Gasteiger partial charge is 0.481 e. The lowest BCUT2D eigenvalue weighted by molar-refractivity contribution is -0.137. The molecule has 44 heavy (non-hydrogen) atoms. The Bertz CT molecular complexity index is 1580. The number of aromatic nitrogens is 3. The number of methoxy groups -OCH3 is 1. The number of piperazine rings is 1. The number of anilines is 5. The predicted octanol–water partition coefficient (Wildman–Crippen LogP) is 3.10. The number of hydrogen-bond donors (Lipinski definition) is 4.